The van der Waals surface area contributed by atoms with Crippen LogP contribution in [0.25, 0.3) is 110 Å². The molecule has 344 valence electrons. The molecule has 4 nitrogen and oxygen atoms in total. The second kappa shape index (κ2) is 15.8. The smallest absolute Gasteiger partial charge is 0.135 e. The summed E-state index contributed by atoms with van der Waals surface area (Å²) >= 11 is 0. The molecule has 0 saturated carbocycles. The van der Waals surface area contributed by atoms with Crippen molar-refractivity contribution in [2.45, 2.75) is 19.3 Å². The monoisotopic (exact) mass is 933 g/mol. The van der Waals surface area contributed by atoms with Crippen LogP contribution in [0.3, 0.4) is 0 Å². The number of rotatable bonds is 7. The standard InChI is InChI=1S/C69H47N3O/c1-69(2)61-41-46(47-27-37-58-57-18-8-12-22-65(57)72(66(58)42-47)48-14-4-3-5-15-48)26-36-53(61)54-38-35-52(43-62(54)69)70(49-29-24-44(25-30-49)45-28-39-68-60(40-45)59-19-9-13-23-67(59)73-68)50-31-33-51(34-32-50)71-63-20-10-6-16-55(63)56-17-7-11-21-64(56)71/h3-43H,1-2H3. The fourth-order valence-corrected chi connectivity index (χ4v) is 12.2. The van der Waals surface area contributed by atoms with Crippen LogP contribution >= 0.6 is 0 Å². The van der Waals surface area contributed by atoms with Crippen LogP contribution in [0, 0.1) is 0 Å². The van der Waals surface area contributed by atoms with Crippen molar-refractivity contribution >= 4 is 82.6 Å². The van der Waals surface area contributed by atoms with Crippen molar-refractivity contribution in [3.8, 4) is 44.8 Å². The summed E-state index contributed by atoms with van der Waals surface area (Å²) in [6.07, 6.45) is 0. The van der Waals surface area contributed by atoms with Crippen molar-refractivity contribution in [1.29, 1.82) is 0 Å². The van der Waals surface area contributed by atoms with Gasteiger partial charge in [0.2, 0.25) is 0 Å². The zero-order valence-electron chi connectivity index (χ0n) is 40.4. The van der Waals surface area contributed by atoms with Gasteiger partial charge in [-0.15, -0.1) is 0 Å². The summed E-state index contributed by atoms with van der Waals surface area (Å²) in [5.74, 6) is 0. The Bertz CT molecular complexity index is 4460. The molecular weight excluding hydrogens is 887 g/mol. The Morgan fingerprint density at radius 2 is 0.767 bits per heavy atom. The topological polar surface area (TPSA) is 26.2 Å². The third kappa shape index (κ3) is 6.33. The molecule has 1 aliphatic rings. The minimum atomic E-state index is -0.258. The van der Waals surface area contributed by atoms with Crippen LogP contribution in [0.2, 0.25) is 0 Å². The van der Waals surface area contributed by atoms with E-state index in [4.69, 9.17) is 4.42 Å². The molecule has 3 aromatic heterocycles. The highest BCUT2D eigenvalue weighted by Gasteiger charge is 2.36. The molecule has 0 amide bonds. The first-order valence-corrected chi connectivity index (χ1v) is 25.2. The highest BCUT2D eigenvalue weighted by molar-refractivity contribution is 6.11. The molecule has 4 heteroatoms. The van der Waals surface area contributed by atoms with Gasteiger partial charge in [0, 0.05) is 66.2 Å². The van der Waals surface area contributed by atoms with Gasteiger partial charge in [-0.25, -0.2) is 0 Å². The van der Waals surface area contributed by atoms with Gasteiger partial charge in [0.15, 0.2) is 0 Å². The quantitative estimate of drug-likeness (QED) is 0.159. The van der Waals surface area contributed by atoms with E-state index in [-0.39, 0.29) is 5.41 Å². The van der Waals surface area contributed by atoms with Crippen LogP contribution in [-0.2, 0) is 5.41 Å². The number of aromatic nitrogens is 2. The predicted octanol–water partition coefficient (Wildman–Crippen LogP) is 18.9. The van der Waals surface area contributed by atoms with Crippen molar-refractivity contribution in [2.24, 2.45) is 0 Å². The van der Waals surface area contributed by atoms with E-state index in [0.717, 1.165) is 61.5 Å². The van der Waals surface area contributed by atoms with Gasteiger partial charge in [-0.3, -0.25) is 0 Å². The lowest BCUT2D eigenvalue weighted by atomic mass is 9.81. The van der Waals surface area contributed by atoms with Gasteiger partial charge in [-0.1, -0.05) is 153 Å². The molecule has 14 aromatic rings. The van der Waals surface area contributed by atoms with Crippen molar-refractivity contribution in [1.82, 2.24) is 9.13 Å². The molecule has 73 heavy (non-hydrogen) atoms. The lowest BCUT2D eigenvalue weighted by molar-refractivity contribution is 0.660. The van der Waals surface area contributed by atoms with Crippen LogP contribution in [0.15, 0.2) is 253 Å². The summed E-state index contributed by atoms with van der Waals surface area (Å²) in [7, 11) is 0. The van der Waals surface area contributed by atoms with Crippen molar-refractivity contribution in [3.63, 3.8) is 0 Å². The summed E-state index contributed by atoms with van der Waals surface area (Å²) < 4.78 is 11.0. The van der Waals surface area contributed by atoms with Gasteiger partial charge in [-0.2, -0.15) is 0 Å². The second-order valence-electron chi connectivity index (χ2n) is 20.1. The zero-order valence-corrected chi connectivity index (χ0v) is 40.4. The number of benzene rings is 11. The molecular formula is C69H47N3O. The molecule has 0 aliphatic heterocycles. The summed E-state index contributed by atoms with van der Waals surface area (Å²) in [4.78, 5) is 2.41. The first-order valence-electron chi connectivity index (χ1n) is 25.2. The van der Waals surface area contributed by atoms with E-state index in [1.165, 1.54) is 77.0 Å². The summed E-state index contributed by atoms with van der Waals surface area (Å²) in [5, 5.41) is 7.30. The SMILES string of the molecule is CC1(C)c2cc(-c3ccc4c5ccccc5n(-c5ccccc5)c4c3)ccc2-c2ccc(N(c3ccc(-c4ccc5oc6ccccc6c5c4)cc3)c3ccc(-n4c5ccccc5c5ccccc54)cc3)cc21. The van der Waals surface area contributed by atoms with Crippen molar-refractivity contribution in [2.75, 3.05) is 4.90 Å². The van der Waals surface area contributed by atoms with E-state index in [1.54, 1.807) is 0 Å². The van der Waals surface area contributed by atoms with E-state index < -0.39 is 0 Å². The number of nitrogens with zero attached hydrogens (tertiary/aromatic N) is 3. The van der Waals surface area contributed by atoms with Gasteiger partial charge >= 0.3 is 0 Å². The molecule has 0 bridgehead atoms. The normalized spacial score (nSPS) is 12.9. The molecule has 0 fully saturated rings. The maximum Gasteiger partial charge on any atom is 0.135 e. The van der Waals surface area contributed by atoms with Gasteiger partial charge in [-0.05, 0) is 154 Å². The van der Waals surface area contributed by atoms with Crippen LogP contribution in [0.5, 0.6) is 0 Å². The van der Waals surface area contributed by atoms with E-state index in [2.05, 4.69) is 264 Å². The zero-order chi connectivity index (χ0) is 48.4. The molecule has 11 aromatic carbocycles. The molecule has 0 saturated heterocycles. The fourth-order valence-electron chi connectivity index (χ4n) is 12.2. The third-order valence-corrected chi connectivity index (χ3v) is 15.7. The van der Waals surface area contributed by atoms with Gasteiger partial charge in [0.25, 0.3) is 0 Å². The average molecular weight is 934 g/mol. The number of hydrogen-bond donors (Lipinski definition) is 0. The molecule has 15 rings (SSSR count). The van der Waals surface area contributed by atoms with Crippen LogP contribution < -0.4 is 4.90 Å². The molecule has 0 unspecified atom stereocenters. The minimum Gasteiger partial charge on any atom is -0.456 e. The number of furan rings is 1. The lowest BCUT2D eigenvalue weighted by Gasteiger charge is -2.28. The molecule has 0 atom stereocenters. The van der Waals surface area contributed by atoms with Crippen molar-refractivity contribution < 1.29 is 4.42 Å². The fraction of sp³-hybridized carbons (Fsp3) is 0.0435. The maximum atomic E-state index is 6.19. The second-order valence-corrected chi connectivity index (χ2v) is 20.1. The van der Waals surface area contributed by atoms with Crippen LogP contribution in [0.4, 0.5) is 17.1 Å². The van der Waals surface area contributed by atoms with Crippen molar-refractivity contribution in [3.05, 3.63) is 260 Å². The Balaban J connectivity index is 0.830. The van der Waals surface area contributed by atoms with E-state index >= 15 is 0 Å². The number of fused-ring (bicyclic) bond motifs is 12. The third-order valence-electron chi connectivity index (χ3n) is 15.7. The Hall–Kier alpha value is -9.38. The molecule has 0 N–H and O–H groups in total. The highest BCUT2D eigenvalue weighted by atomic mass is 16.3. The molecule has 0 spiro atoms. The van der Waals surface area contributed by atoms with E-state index in [9.17, 15) is 0 Å². The largest absolute Gasteiger partial charge is 0.456 e. The predicted molar refractivity (Wildman–Crippen MR) is 306 cm³/mol. The van der Waals surface area contributed by atoms with Gasteiger partial charge in [0.05, 0.1) is 22.1 Å². The minimum absolute atomic E-state index is 0.258. The molecule has 3 heterocycles. The Labute approximate surface area is 422 Å². The molecule has 0 radical (unpaired) electrons. The first kappa shape index (κ1) is 41.4. The Kier molecular flexibility index (Phi) is 8.97. The van der Waals surface area contributed by atoms with E-state index in [0.29, 0.717) is 0 Å². The average Bonchev–Trinajstić information content (AvgIpc) is 4.16. The Morgan fingerprint density at radius 1 is 0.315 bits per heavy atom. The first-order chi connectivity index (χ1) is 35.9. The number of para-hydroxylation sites is 5. The van der Waals surface area contributed by atoms with E-state index in [1.807, 2.05) is 12.1 Å². The highest BCUT2D eigenvalue weighted by Crippen LogP contribution is 2.52. The number of hydrogen-bond acceptors (Lipinski definition) is 2. The summed E-state index contributed by atoms with van der Waals surface area (Å²) in [5.41, 5.74) is 21.9. The Morgan fingerprint density at radius 3 is 1.45 bits per heavy atom. The molecule has 1 aliphatic carbocycles. The summed E-state index contributed by atoms with van der Waals surface area (Å²) in [6, 6.07) is 91.0. The van der Waals surface area contributed by atoms with Crippen LogP contribution in [0.1, 0.15) is 25.0 Å². The maximum absolute atomic E-state index is 6.19. The summed E-state index contributed by atoms with van der Waals surface area (Å²) in [6.45, 7) is 4.78. The van der Waals surface area contributed by atoms with Crippen LogP contribution in [-0.4, -0.2) is 9.13 Å². The van der Waals surface area contributed by atoms with Gasteiger partial charge < -0.3 is 18.5 Å². The lowest BCUT2D eigenvalue weighted by Crippen LogP contribution is -2.16. The van der Waals surface area contributed by atoms with Gasteiger partial charge in [0.1, 0.15) is 11.2 Å². The number of anilines is 3.